The van der Waals surface area contributed by atoms with Crippen molar-refractivity contribution in [2.24, 2.45) is 0 Å². The number of nitrogens with one attached hydrogen (secondary N) is 1. The third kappa shape index (κ3) is 5.01. The monoisotopic (exact) mass is 331 g/mol. The standard InChI is InChI=1S/C15H23Cl2N3O/c1-18-11-12-9-13(16)10-14(17)15(12)21-8-7-20-5-3-19(2)4-6-20/h9-10,18H,3-8,11H2,1-2H3. The van der Waals surface area contributed by atoms with Gasteiger partial charge in [-0.05, 0) is 26.2 Å². The fraction of sp³-hybridized carbons (Fsp3) is 0.600. The lowest BCUT2D eigenvalue weighted by atomic mass is 10.2. The quantitative estimate of drug-likeness (QED) is 0.865. The highest BCUT2D eigenvalue weighted by molar-refractivity contribution is 6.35. The van der Waals surface area contributed by atoms with Gasteiger partial charge in [0.05, 0.1) is 5.02 Å². The molecule has 1 saturated heterocycles. The van der Waals surface area contributed by atoms with E-state index in [1.165, 1.54) is 0 Å². The first kappa shape index (κ1) is 16.8. The number of piperazine rings is 1. The second-order valence-electron chi connectivity index (χ2n) is 5.40. The van der Waals surface area contributed by atoms with Crippen molar-refractivity contribution in [2.75, 3.05) is 53.4 Å². The molecule has 2 rings (SSSR count). The van der Waals surface area contributed by atoms with Crippen LogP contribution in [0.1, 0.15) is 5.56 Å². The summed E-state index contributed by atoms with van der Waals surface area (Å²) in [5.41, 5.74) is 0.994. The molecular weight excluding hydrogens is 309 g/mol. The summed E-state index contributed by atoms with van der Waals surface area (Å²) in [5.74, 6) is 0.740. The Morgan fingerprint density at radius 3 is 2.57 bits per heavy atom. The molecule has 1 aliphatic rings. The normalized spacial score (nSPS) is 17.1. The van der Waals surface area contributed by atoms with Crippen LogP contribution in [-0.4, -0.2) is 63.2 Å². The second-order valence-corrected chi connectivity index (χ2v) is 6.24. The molecule has 1 heterocycles. The van der Waals surface area contributed by atoms with Crippen molar-refractivity contribution in [3.05, 3.63) is 27.7 Å². The van der Waals surface area contributed by atoms with Crippen LogP contribution in [0.25, 0.3) is 0 Å². The Kier molecular flexibility index (Phi) is 6.58. The fourth-order valence-electron chi connectivity index (χ4n) is 2.45. The van der Waals surface area contributed by atoms with E-state index in [0.717, 1.165) is 44.0 Å². The molecule has 6 heteroatoms. The number of rotatable bonds is 6. The number of nitrogens with zero attached hydrogens (tertiary/aromatic N) is 2. The van der Waals surface area contributed by atoms with Gasteiger partial charge in [-0.25, -0.2) is 0 Å². The van der Waals surface area contributed by atoms with Crippen LogP contribution >= 0.6 is 23.2 Å². The predicted molar refractivity (Wildman–Crippen MR) is 88.7 cm³/mol. The Morgan fingerprint density at radius 2 is 1.90 bits per heavy atom. The van der Waals surface area contributed by atoms with E-state index in [0.29, 0.717) is 23.2 Å². The summed E-state index contributed by atoms with van der Waals surface area (Å²) in [5, 5.41) is 4.32. The van der Waals surface area contributed by atoms with E-state index in [4.69, 9.17) is 27.9 Å². The fourth-order valence-corrected chi connectivity index (χ4v) is 3.04. The average Bonchev–Trinajstić information content (AvgIpc) is 2.44. The smallest absolute Gasteiger partial charge is 0.142 e. The summed E-state index contributed by atoms with van der Waals surface area (Å²) >= 11 is 12.3. The number of ether oxygens (including phenoxy) is 1. The maximum atomic E-state index is 6.25. The van der Waals surface area contributed by atoms with Crippen molar-refractivity contribution in [3.8, 4) is 5.75 Å². The van der Waals surface area contributed by atoms with Crippen LogP contribution in [0.2, 0.25) is 10.0 Å². The molecule has 4 nitrogen and oxygen atoms in total. The Balaban J connectivity index is 1.90. The van der Waals surface area contributed by atoms with Crippen molar-refractivity contribution in [3.63, 3.8) is 0 Å². The molecule has 1 fully saturated rings. The van der Waals surface area contributed by atoms with Gasteiger partial charge < -0.3 is 15.0 Å². The molecule has 1 aliphatic heterocycles. The lowest BCUT2D eigenvalue weighted by Gasteiger charge is -2.32. The van der Waals surface area contributed by atoms with Crippen LogP contribution in [-0.2, 0) is 6.54 Å². The zero-order valence-electron chi connectivity index (χ0n) is 12.7. The number of likely N-dealkylation sites (N-methyl/N-ethyl adjacent to an activating group) is 1. The van der Waals surface area contributed by atoms with Gasteiger partial charge >= 0.3 is 0 Å². The van der Waals surface area contributed by atoms with Crippen LogP contribution in [0.5, 0.6) is 5.75 Å². The molecule has 21 heavy (non-hydrogen) atoms. The van der Waals surface area contributed by atoms with E-state index in [1.54, 1.807) is 6.07 Å². The van der Waals surface area contributed by atoms with Crippen molar-refractivity contribution in [1.82, 2.24) is 15.1 Å². The first-order chi connectivity index (χ1) is 10.1. The van der Waals surface area contributed by atoms with Crippen molar-refractivity contribution >= 4 is 23.2 Å². The summed E-state index contributed by atoms with van der Waals surface area (Å²) in [6.07, 6.45) is 0. The van der Waals surface area contributed by atoms with E-state index in [2.05, 4.69) is 22.2 Å². The minimum absolute atomic E-state index is 0.575. The highest BCUT2D eigenvalue weighted by atomic mass is 35.5. The Morgan fingerprint density at radius 1 is 1.19 bits per heavy atom. The molecule has 0 radical (unpaired) electrons. The van der Waals surface area contributed by atoms with Crippen molar-refractivity contribution in [1.29, 1.82) is 0 Å². The zero-order valence-corrected chi connectivity index (χ0v) is 14.2. The van der Waals surface area contributed by atoms with Crippen LogP contribution in [0.3, 0.4) is 0 Å². The summed E-state index contributed by atoms with van der Waals surface area (Å²) in [6.45, 7) is 6.67. The number of hydrogen-bond donors (Lipinski definition) is 1. The molecule has 0 aliphatic carbocycles. The van der Waals surface area contributed by atoms with E-state index in [1.807, 2.05) is 13.1 Å². The third-order valence-corrected chi connectivity index (χ3v) is 4.20. The molecule has 1 aromatic carbocycles. The average molecular weight is 332 g/mol. The highest BCUT2D eigenvalue weighted by Gasteiger charge is 2.15. The summed E-state index contributed by atoms with van der Waals surface area (Å²) in [6, 6.07) is 3.63. The van der Waals surface area contributed by atoms with Gasteiger partial charge in [0.2, 0.25) is 0 Å². The lowest BCUT2D eigenvalue weighted by molar-refractivity contribution is 0.133. The minimum Gasteiger partial charge on any atom is -0.490 e. The van der Waals surface area contributed by atoms with Gasteiger partial charge in [-0.15, -0.1) is 0 Å². The summed E-state index contributed by atoms with van der Waals surface area (Å²) in [4.78, 5) is 4.76. The van der Waals surface area contributed by atoms with Crippen LogP contribution in [0.4, 0.5) is 0 Å². The first-order valence-corrected chi connectivity index (χ1v) is 8.02. The molecule has 0 unspecified atom stereocenters. The second kappa shape index (κ2) is 8.20. The highest BCUT2D eigenvalue weighted by Crippen LogP contribution is 2.32. The topological polar surface area (TPSA) is 27.7 Å². The largest absolute Gasteiger partial charge is 0.490 e. The van der Waals surface area contributed by atoms with Crippen molar-refractivity contribution in [2.45, 2.75) is 6.54 Å². The Labute approximate surface area is 136 Å². The van der Waals surface area contributed by atoms with Gasteiger partial charge in [0.25, 0.3) is 0 Å². The Hall–Kier alpha value is -0.520. The van der Waals surface area contributed by atoms with E-state index in [9.17, 15) is 0 Å². The Bertz CT molecular complexity index is 462. The van der Waals surface area contributed by atoms with Gasteiger partial charge in [0.15, 0.2) is 0 Å². The lowest BCUT2D eigenvalue weighted by Crippen LogP contribution is -2.45. The van der Waals surface area contributed by atoms with E-state index in [-0.39, 0.29) is 0 Å². The van der Waals surface area contributed by atoms with E-state index >= 15 is 0 Å². The molecule has 1 aromatic rings. The molecule has 0 bridgehead atoms. The van der Waals surface area contributed by atoms with Gasteiger partial charge in [-0.3, -0.25) is 4.90 Å². The van der Waals surface area contributed by atoms with Crippen LogP contribution in [0.15, 0.2) is 12.1 Å². The number of halogens is 2. The number of hydrogen-bond acceptors (Lipinski definition) is 4. The SMILES string of the molecule is CNCc1cc(Cl)cc(Cl)c1OCCN1CCN(C)CC1. The van der Waals surface area contributed by atoms with Crippen LogP contribution < -0.4 is 10.1 Å². The predicted octanol–water partition coefficient (Wildman–Crippen LogP) is 2.34. The van der Waals surface area contributed by atoms with Crippen molar-refractivity contribution < 1.29 is 4.74 Å². The first-order valence-electron chi connectivity index (χ1n) is 7.26. The van der Waals surface area contributed by atoms with Gasteiger partial charge in [-0.2, -0.15) is 0 Å². The van der Waals surface area contributed by atoms with Gasteiger partial charge in [-0.1, -0.05) is 23.2 Å². The molecule has 1 N–H and O–H groups in total. The zero-order chi connectivity index (χ0) is 15.2. The summed E-state index contributed by atoms with van der Waals surface area (Å²) < 4.78 is 5.92. The number of benzene rings is 1. The molecular formula is C15H23Cl2N3O. The van der Waals surface area contributed by atoms with E-state index < -0.39 is 0 Å². The molecule has 0 amide bonds. The minimum atomic E-state index is 0.575. The van der Waals surface area contributed by atoms with Gasteiger partial charge in [0, 0.05) is 49.9 Å². The van der Waals surface area contributed by atoms with Crippen LogP contribution in [0, 0.1) is 0 Å². The molecule has 118 valence electrons. The summed E-state index contributed by atoms with van der Waals surface area (Å²) in [7, 11) is 4.05. The maximum absolute atomic E-state index is 6.25. The molecule has 0 spiro atoms. The molecule has 0 atom stereocenters. The maximum Gasteiger partial charge on any atom is 0.142 e. The third-order valence-electron chi connectivity index (χ3n) is 3.70. The van der Waals surface area contributed by atoms with Gasteiger partial charge in [0.1, 0.15) is 12.4 Å². The molecule has 0 aromatic heterocycles. The molecule has 0 saturated carbocycles.